The van der Waals surface area contributed by atoms with Crippen LogP contribution < -0.4 is 5.32 Å². The number of nitrogens with one attached hydrogen (secondary N) is 1. The SMILES string of the molecule is CCCCCCCCCCCCCCC/C=C\C/C=C\CCCCCCCCCCCCCCCCCCCC(=O)NC(COC1OC(CO)C(O)C(O)C1O)C(O)CCCCCCCCCCCCCCCCC. The average molecular weight is 1060 g/mol. The number of carbonyl (C=O) groups is 1. The van der Waals surface area contributed by atoms with Gasteiger partial charge in [-0.15, -0.1) is 0 Å². The fraction of sp³-hybridized carbons (Fsp3) is 0.924. The van der Waals surface area contributed by atoms with Gasteiger partial charge in [-0.05, 0) is 44.9 Å². The monoisotopic (exact) mass is 1060 g/mol. The van der Waals surface area contributed by atoms with E-state index < -0.39 is 49.5 Å². The molecule has 1 amide bonds. The van der Waals surface area contributed by atoms with Crippen LogP contribution in [0.4, 0.5) is 0 Å². The van der Waals surface area contributed by atoms with E-state index in [1.165, 1.54) is 263 Å². The lowest BCUT2D eigenvalue weighted by molar-refractivity contribution is -0.302. The molecule has 444 valence electrons. The van der Waals surface area contributed by atoms with Crippen LogP contribution in [0.15, 0.2) is 24.3 Å². The van der Waals surface area contributed by atoms with Crippen LogP contribution >= 0.6 is 0 Å². The van der Waals surface area contributed by atoms with E-state index in [0.29, 0.717) is 12.8 Å². The molecule has 0 radical (unpaired) electrons. The summed E-state index contributed by atoms with van der Waals surface area (Å²) in [5.74, 6) is -0.139. The second-order valence-corrected chi connectivity index (χ2v) is 23.3. The van der Waals surface area contributed by atoms with E-state index in [4.69, 9.17) is 9.47 Å². The second-order valence-electron chi connectivity index (χ2n) is 23.3. The van der Waals surface area contributed by atoms with E-state index in [2.05, 4.69) is 43.5 Å². The third kappa shape index (κ3) is 45.1. The molecule has 0 aromatic carbocycles. The molecule has 9 heteroatoms. The molecule has 75 heavy (non-hydrogen) atoms. The third-order valence-corrected chi connectivity index (χ3v) is 16.1. The highest BCUT2D eigenvalue weighted by Crippen LogP contribution is 2.24. The summed E-state index contributed by atoms with van der Waals surface area (Å²) >= 11 is 0. The standard InChI is InChI=1S/C66H127NO8/c1-3-5-7-9-11-13-15-17-19-20-21-22-23-24-25-26-27-28-29-30-31-32-33-34-35-36-37-38-39-40-42-44-46-48-50-52-54-56-62(70)67-59(58-74-66-65(73)64(72)63(71)61(57-68)75-66)60(69)55-53-51-49-47-45-43-41-18-16-14-12-10-8-6-4-2/h25-26,28-29,59-61,63-66,68-69,71-73H,3-24,27,30-58H2,1-2H3,(H,67,70)/b26-25-,29-28-. The van der Waals surface area contributed by atoms with Crippen molar-refractivity contribution in [1.82, 2.24) is 5.32 Å². The van der Waals surface area contributed by atoms with Crippen molar-refractivity contribution in [2.24, 2.45) is 0 Å². The van der Waals surface area contributed by atoms with E-state index >= 15 is 0 Å². The summed E-state index contributed by atoms with van der Waals surface area (Å²) in [5, 5.41) is 54.7. The van der Waals surface area contributed by atoms with Crippen molar-refractivity contribution < 1.29 is 39.8 Å². The van der Waals surface area contributed by atoms with E-state index in [0.717, 1.165) is 44.9 Å². The minimum Gasteiger partial charge on any atom is -0.394 e. The predicted molar refractivity (Wildman–Crippen MR) is 318 cm³/mol. The molecule has 0 spiro atoms. The number of aliphatic hydroxyl groups excluding tert-OH is 5. The molecule has 0 aromatic rings. The Morgan fingerprint density at radius 1 is 0.453 bits per heavy atom. The molecule has 1 aliphatic heterocycles. The lowest BCUT2D eigenvalue weighted by Crippen LogP contribution is -2.60. The molecule has 1 heterocycles. The Morgan fingerprint density at radius 3 is 1.15 bits per heavy atom. The first kappa shape index (κ1) is 71.7. The minimum absolute atomic E-state index is 0.134. The lowest BCUT2D eigenvalue weighted by atomic mass is 9.99. The zero-order valence-corrected chi connectivity index (χ0v) is 49.6. The number of hydrogen-bond donors (Lipinski definition) is 6. The molecule has 0 aromatic heterocycles. The number of carbonyl (C=O) groups excluding carboxylic acids is 1. The highest BCUT2D eigenvalue weighted by molar-refractivity contribution is 5.76. The maximum absolute atomic E-state index is 13.1. The molecule has 6 N–H and O–H groups in total. The van der Waals surface area contributed by atoms with Crippen molar-refractivity contribution in [3.8, 4) is 0 Å². The van der Waals surface area contributed by atoms with Crippen LogP contribution in [0, 0.1) is 0 Å². The van der Waals surface area contributed by atoms with Crippen molar-refractivity contribution in [3.05, 3.63) is 24.3 Å². The van der Waals surface area contributed by atoms with E-state index in [1.54, 1.807) is 0 Å². The van der Waals surface area contributed by atoms with Gasteiger partial charge in [-0.1, -0.05) is 308 Å². The number of rotatable bonds is 58. The lowest BCUT2D eigenvalue weighted by Gasteiger charge is -2.40. The van der Waals surface area contributed by atoms with Gasteiger partial charge in [-0.25, -0.2) is 0 Å². The van der Waals surface area contributed by atoms with Gasteiger partial charge in [0.25, 0.3) is 0 Å². The van der Waals surface area contributed by atoms with Crippen molar-refractivity contribution in [1.29, 1.82) is 0 Å². The Hall–Kier alpha value is -1.33. The summed E-state index contributed by atoms with van der Waals surface area (Å²) in [6.45, 7) is 3.88. The first-order chi connectivity index (χ1) is 36.8. The summed E-state index contributed by atoms with van der Waals surface area (Å²) in [6, 6.07) is -0.717. The maximum Gasteiger partial charge on any atom is 0.220 e. The largest absolute Gasteiger partial charge is 0.394 e. The average Bonchev–Trinajstić information content (AvgIpc) is 3.41. The number of unbranched alkanes of at least 4 members (excludes halogenated alkanes) is 44. The molecule has 0 saturated carbocycles. The maximum atomic E-state index is 13.1. The van der Waals surface area contributed by atoms with E-state index in [9.17, 15) is 30.3 Å². The molecular weight excluding hydrogens is 935 g/mol. The summed E-state index contributed by atoms with van der Waals surface area (Å²) in [7, 11) is 0. The summed E-state index contributed by atoms with van der Waals surface area (Å²) in [6.07, 6.45) is 65.3. The smallest absolute Gasteiger partial charge is 0.220 e. The van der Waals surface area contributed by atoms with Gasteiger partial charge >= 0.3 is 0 Å². The number of allylic oxidation sites excluding steroid dienone is 4. The van der Waals surface area contributed by atoms with Gasteiger partial charge in [0, 0.05) is 6.42 Å². The summed E-state index contributed by atoms with van der Waals surface area (Å²) in [5.41, 5.74) is 0. The fourth-order valence-electron chi connectivity index (χ4n) is 10.8. The molecule has 9 nitrogen and oxygen atoms in total. The Kier molecular flexibility index (Phi) is 53.5. The van der Waals surface area contributed by atoms with Gasteiger partial charge in [0.15, 0.2) is 6.29 Å². The molecule has 0 aliphatic carbocycles. The number of amides is 1. The van der Waals surface area contributed by atoms with Gasteiger partial charge in [-0.3, -0.25) is 4.79 Å². The van der Waals surface area contributed by atoms with E-state index in [1.807, 2.05) is 0 Å². The molecular formula is C66H127NO8. The predicted octanol–water partition coefficient (Wildman–Crippen LogP) is 17.3. The van der Waals surface area contributed by atoms with Crippen LogP contribution in [0.25, 0.3) is 0 Å². The number of hydrogen-bond acceptors (Lipinski definition) is 8. The van der Waals surface area contributed by atoms with Crippen molar-refractivity contribution in [2.75, 3.05) is 13.2 Å². The van der Waals surface area contributed by atoms with Crippen molar-refractivity contribution in [3.63, 3.8) is 0 Å². The Balaban J connectivity index is 2.05. The van der Waals surface area contributed by atoms with Gasteiger partial charge in [-0.2, -0.15) is 0 Å². The Bertz CT molecular complexity index is 1230. The van der Waals surface area contributed by atoms with Crippen molar-refractivity contribution in [2.45, 2.75) is 378 Å². The zero-order valence-electron chi connectivity index (χ0n) is 49.6. The quantitative estimate of drug-likeness (QED) is 0.0261. The molecule has 1 saturated heterocycles. The van der Waals surface area contributed by atoms with Crippen LogP contribution in [0.1, 0.15) is 335 Å². The Labute approximate surface area is 464 Å². The van der Waals surface area contributed by atoms with Gasteiger partial charge in [0.05, 0.1) is 25.4 Å². The summed E-state index contributed by atoms with van der Waals surface area (Å²) < 4.78 is 11.3. The second kappa shape index (κ2) is 56.0. The van der Waals surface area contributed by atoms with Crippen LogP contribution in [-0.2, 0) is 14.3 Å². The number of aliphatic hydroxyl groups is 5. The van der Waals surface area contributed by atoms with Crippen LogP contribution in [0.5, 0.6) is 0 Å². The normalized spacial score (nSPS) is 18.9. The highest BCUT2D eigenvalue weighted by Gasteiger charge is 2.44. The molecule has 0 bridgehead atoms. The molecule has 7 atom stereocenters. The minimum atomic E-state index is -1.55. The van der Waals surface area contributed by atoms with Crippen LogP contribution in [0.3, 0.4) is 0 Å². The summed E-state index contributed by atoms with van der Waals surface area (Å²) in [4.78, 5) is 13.1. The first-order valence-electron chi connectivity index (χ1n) is 33.0. The fourth-order valence-corrected chi connectivity index (χ4v) is 10.8. The molecule has 1 aliphatic rings. The van der Waals surface area contributed by atoms with Gasteiger partial charge in [0.1, 0.15) is 24.4 Å². The number of ether oxygens (including phenoxy) is 2. The topological polar surface area (TPSA) is 149 Å². The molecule has 1 fully saturated rings. The Morgan fingerprint density at radius 2 is 0.787 bits per heavy atom. The van der Waals surface area contributed by atoms with Crippen molar-refractivity contribution >= 4 is 5.91 Å². The van der Waals surface area contributed by atoms with E-state index in [-0.39, 0.29) is 12.5 Å². The molecule has 1 rings (SSSR count). The zero-order chi connectivity index (χ0) is 54.3. The molecule has 7 unspecified atom stereocenters. The van der Waals surface area contributed by atoms with Gasteiger partial charge < -0.3 is 40.3 Å². The highest BCUT2D eigenvalue weighted by atomic mass is 16.7. The van der Waals surface area contributed by atoms with Gasteiger partial charge in [0.2, 0.25) is 5.91 Å². The first-order valence-corrected chi connectivity index (χ1v) is 33.0. The van der Waals surface area contributed by atoms with Crippen LogP contribution in [0.2, 0.25) is 0 Å². The van der Waals surface area contributed by atoms with Crippen LogP contribution in [-0.4, -0.2) is 87.5 Å². The third-order valence-electron chi connectivity index (χ3n) is 16.1.